The lowest BCUT2D eigenvalue weighted by atomic mass is 10.3. The summed E-state index contributed by atoms with van der Waals surface area (Å²) in [5.41, 5.74) is 1.07. The molecule has 1 aliphatic heterocycles. The van der Waals surface area contributed by atoms with Crippen LogP contribution in [-0.2, 0) is 16.1 Å². The number of carbonyl (C=O) groups is 1. The molecule has 1 amide bonds. The number of morpholine rings is 1. The molecule has 0 radical (unpaired) electrons. The maximum absolute atomic E-state index is 11.7. The maximum atomic E-state index is 11.7. The molecule has 6 heteroatoms. The number of amides is 1. The van der Waals surface area contributed by atoms with E-state index in [0.717, 1.165) is 51.4 Å². The second-order valence-corrected chi connectivity index (χ2v) is 4.87. The predicted octanol–water partition coefficient (Wildman–Crippen LogP) is 0.0300. The number of ether oxygens (including phenoxy) is 1. The van der Waals surface area contributed by atoms with Crippen LogP contribution in [-0.4, -0.2) is 60.0 Å². The van der Waals surface area contributed by atoms with Gasteiger partial charge in [-0.2, -0.15) is 5.10 Å². The predicted molar refractivity (Wildman–Crippen MR) is 71.8 cm³/mol. The Morgan fingerprint density at radius 1 is 1.47 bits per heavy atom. The van der Waals surface area contributed by atoms with Gasteiger partial charge in [0.05, 0.1) is 19.4 Å². The van der Waals surface area contributed by atoms with Crippen molar-refractivity contribution in [3.8, 4) is 0 Å². The van der Waals surface area contributed by atoms with Gasteiger partial charge in [0.2, 0.25) is 5.91 Å². The van der Waals surface area contributed by atoms with Crippen LogP contribution in [0.15, 0.2) is 12.4 Å². The molecule has 1 N–H and O–H groups in total. The Kier molecular flexibility index (Phi) is 5.35. The van der Waals surface area contributed by atoms with Crippen molar-refractivity contribution in [3.63, 3.8) is 0 Å². The van der Waals surface area contributed by atoms with E-state index in [1.54, 1.807) is 10.9 Å². The monoisotopic (exact) mass is 266 g/mol. The van der Waals surface area contributed by atoms with Crippen LogP contribution in [0, 0.1) is 6.92 Å². The summed E-state index contributed by atoms with van der Waals surface area (Å²) in [7, 11) is 0. The zero-order valence-electron chi connectivity index (χ0n) is 11.5. The van der Waals surface area contributed by atoms with Gasteiger partial charge in [-0.25, -0.2) is 0 Å². The normalized spacial score (nSPS) is 16.5. The summed E-state index contributed by atoms with van der Waals surface area (Å²) in [6.07, 6.45) is 4.60. The second kappa shape index (κ2) is 7.25. The third-order valence-corrected chi connectivity index (χ3v) is 3.14. The summed E-state index contributed by atoms with van der Waals surface area (Å²) in [6, 6.07) is 0. The van der Waals surface area contributed by atoms with Crippen LogP contribution in [0.3, 0.4) is 0 Å². The fourth-order valence-electron chi connectivity index (χ4n) is 2.11. The van der Waals surface area contributed by atoms with E-state index in [4.69, 9.17) is 4.74 Å². The first-order chi connectivity index (χ1) is 9.24. The highest BCUT2D eigenvalue weighted by molar-refractivity contribution is 5.75. The highest BCUT2D eigenvalue weighted by atomic mass is 16.5. The topological polar surface area (TPSA) is 59.4 Å². The summed E-state index contributed by atoms with van der Waals surface area (Å²) in [5, 5.41) is 7.01. The Balaban J connectivity index is 1.56. The van der Waals surface area contributed by atoms with Gasteiger partial charge >= 0.3 is 0 Å². The number of carbonyl (C=O) groups excluding carboxylic acids is 1. The minimum atomic E-state index is 0.0186. The third kappa shape index (κ3) is 5.00. The van der Waals surface area contributed by atoms with Crippen LogP contribution in [0.2, 0.25) is 0 Å². The van der Waals surface area contributed by atoms with Gasteiger partial charge in [0.1, 0.15) is 6.54 Å². The second-order valence-electron chi connectivity index (χ2n) is 4.87. The van der Waals surface area contributed by atoms with Gasteiger partial charge in [-0.15, -0.1) is 0 Å². The Morgan fingerprint density at radius 3 is 2.95 bits per heavy atom. The van der Waals surface area contributed by atoms with Crippen LogP contribution < -0.4 is 5.32 Å². The molecule has 1 fully saturated rings. The minimum absolute atomic E-state index is 0.0186. The van der Waals surface area contributed by atoms with E-state index in [2.05, 4.69) is 15.3 Å². The van der Waals surface area contributed by atoms with Gasteiger partial charge < -0.3 is 10.1 Å². The highest BCUT2D eigenvalue weighted by Crippen LogP contribution is 1.97. The first kappa shape index (κ1) is 14.0. The van der Waals surface area contributed by atoms with Crippen LogP contribution in [0.1, 0.15) is 12.0 Å². The van der Waals surface area contributed by atoms with E-state index < -0.39 is 0 Å². The van der Waals surface area contributed by atoms with Crippen molar-refractivity contribution in [2.24, 2.45) is 0 Å². The Morgan fingerprint density at radius 2 is 2.26 bits per heavy atom. The molecule has 19 heavy (non-hydrogen) atoms. The zero-order valence-corrected chi connectivity index (χ0v) is 11.5. The smallest absolute Gasteiger partial charge is 0.241 e. The molecule has 0 atom stereocenters. The molecule has 0 bridgehead atoms. The molecule has 1 saturated heterocycles. The molecule has 0 unspecified atom stereocenters. The van der Waals surface area contributed by atoms with Gasteiger partial charge in [-0.1, -0.05) is 0 Å². The number of nitrogens with one attached hydrogen (secondary N) is 1. The quantitative estimate of drug-likeness (QED) is 0.738. The van der Waals surface area contributed by atoms with Crippen LogP contribution in [0.4, 0.5) is 0 Å². The molecule has 2 heterocycles. The van der Waals surface area contributed by atoms with Gasteiger partial charge in [-0.05, 0) is 25.5 Å². The van der Waals surface area contributed by atoms with Crippen molar-refractivity contribution in [1.82, 2.24) is 20.0 Å². The van der Waals surface area contributed by atoms with Crippen molar-refractivity contribution in [2.75, 3.05) is 39.4 Å². The maximum Gasteiger partial charge on any atom is 0.241 e. The van der Waals surface area contributed by atoms with Gasteiger partial charge in [0, 0.05) is 25.8 Å². The molecule has 1 aromatic rings. The molecule has 1 aliphatic rings. The summed E-state index contributed by atoms with van der Waals surface area (Å²) >= 11 is 0. The van der Waals surface area contributed by atoms with E-state index in [-0.39, 0.29) is 5.91 Å². The van der Waals surface area contributed by atoms with Crippen LogP contribution in [0.5, 0.6) is 0 Å². The third-order valence-electron chi connectivity index (χ3n) is 3.14. The molecule has 0 spiro atoms. The van der Waals surface area contributed by atoms with Crippen molar-refractivity contribution < 1.29 is 9.53 Å². The van der Waals surface area contributed by atoms with E-state index in [1.165, 1.54) is 0 Å². The van der Waals surface area contributed by atoms with E-state index in [9.17, 15) is 4.79 Å². The van der Waals surface area contributed by atoms with E-state index in [0.29, 0.717) is 6.54 Å². The highest BCUT2D eigenvalue weighted by Gasteiger charge is 2.09. The minimum Gasteiger partial charge on any atom is -0.379 e. The molecule has 1 aromatic heterocycles. The summed E-state index contributed by atoms with van der Waals surface area (Å²) in [6.45, 7) is 7.65. The Hall–Kier alpha value is -1.40. The van der Waals surface area contributed by atoms with Crippen molar-refractivity contribution in [2.45, 2.75) is 19.9 Å². The van der Waals surface area contributed by atoms with E-state index >= 15 is 0 Å². The number of hydrogen-bond acceptors (Lipinski definition) is 4. The molecule has 0 aliphatic carbocycles. The van der Waals surface area contributed by atoms with Crippen molar-refractivity contribution in [1.29, 1.82) is 0 Å². The summed E-state index contributed by atoms with van der Waals surface area (Å²) in [5.74, 6) is 0.0186. The average Bonchev–Trinajstić information content (AvgIpc) is 2.81. The molecule has 0 saturated carbocycles. The molecule has 0 aromatic carbocycles. The van der Waals surface area contributed by atoms with Crippen LogP contribution in [0.25, 0.3) is 0 Å². The molecular weight excluding hydrogens is 244 g/mol. The number of aryl methyl sites for hydroxylation is 1. The lowest BCUT2D eigenvalue weighted by Crippen LogP contribution is -2.38. The van der Waals surface area contributed by atoms with Crippen LogP contribution >= 0.6 is 0 Å². The average molecular weight is 266 g/mol. The standard InChI is InChI=1S/C13H22N4O2/c1-12-9-15-17(10-12)11-13(18)14-3-2-4-16-5-7-19-8-6-16/h9-10H,2-8,11H2,1H3,(H,14,18). The van der Waals surface area contributed by atoms with Crippen molar-refractivity contribution >= 4 is 5.91 Å². The van der Waals surface area contributed by atoms with Gasteiger partial charge in [-0.3, -0.25) is 14.4 Å². The van der Waals surface area contributed by atoms with E-state index in [1.807, 2.05) is 13.1 Å². The lowest BCUT2D eigenvalue weighted by molar-refractivity contribution is -0.121. The Labute approximate surface area is 113 Å². The number of rotatable bonds is 6. The Bertz CT molecular complexity index is 399. The number of hydrogen-bond donors (Lipinski definition) is 1. The zero-order chi connectivity index (χ0) is 13.5. The van der Waals surface area contributed by atoms with Gasteiger partial charge in [0.15, 0.2) is 0 Å². The molecule has 6 nitrogen and oxygen atoms in total. The van der Waals surface area contributed by atoms with Crippen molar-refractivity contribution in [3.05, 3.63) is 18.0 Å². The molecular formula is C13H22N4O2. The summed E-state index contributed by atoms with van der Waals surface area (Å²) < 4.78 is 6.95. The lowest BCUT2D eigenvalue weighted by Gasteiger charge is -2.26. The number of aromatic nitrogens is 2. The fraction of sp³-hybridized carbons (Fsp3) is 0.692. The fourth-order valence-corrected chi connectivity index (χ4v) is 2.11. The SMILES string of the molecule is Cc1cnn(CC(=O)NCCCN2CCOCC2)c1. The first-order valence-electron chi connectivity index (χ1n) is 6.80. The van der Waals surface area contributed by atoms with Gasteiger partial charge in [0.25, 0.3) is 0 Å². The molecule has 106 valence electrons. The largest absolute Gasteiger partial charge is 0.379 e. The molecule has 2 rings (SSSR count). The summed E-state index contributed by atoms with van der Waals surface area (Å²) in [4.78, 5) is 14.0. The first-order valence-corrected chi connectivity index (χ1v) is 6.80. The number of nitrogens with zero attached hydrogens (tertiary/aromatic N) is 3.